The number of carbonyl (C=O) groups is 1. The third kappa shape index (κ3) is 9.88. The van der Waals surface area contributed by atoms with Gasteiger partial charge in [-0.1, -0.05) is 140 Å². The number of carbonyl (C=O) groups excluding carboxylic acids is 1. The summed E-state index contributed by atoms with van der Waals surface area (Å²) in [6.45, 7) is 25.3. The second kappa shape index (κ2) is 19.3. The van der Waals surface area contributed by atoms with Crippen molar-refractivity contribution >= 4 is 5.78 Å². The van der Waals surface area contributed by atoms with Gasteiger partial charge in [0.15, 0.2) is 12.1 Å². The molecule has 0 saturated heterocycles. The quantitative estimate of drug-likeness (QED) is 0.345. The molecule has 2 N–H and O–H groups in total. The van der Waals surface area contributed by atoms with E-state index < -0.39 is 0 Å². The van der Waals surface area contributed by atoms with Gasteiger partial charge >= 0.3 is 0 Å². The second-order valence-corrected chi connectivity index (χ2v) is 10.1. The summed E-state index contributed by atoms with van der Waals surface area (Å²) >= 11 is 0. The Morgan fingerprint density at radius 2 is 1.29 bits per heavy atom. The van der Waals surface area contributed by atoms with Crippen LogP contribution in [0, 0.1) is 19.8 Å². The maximum atomic E-state index is 13.9. The molecule has 4 heteroatoms. The Hall–Kier alpha value is -2.85. The number of allylic oxidation sites excluding steroid dienone is 2. The fourth-order valence-corrected chi connectivity index (χ4v) is 5.44. The van der Waals surface area contributed by atoms with Crippen molar-refractivity contribution in [3.63, 3.8) is 0 Å². The fraction of sp³-hybridized carbons (Fsp3) is 0.541. The van der Waals surface area contributed by atoms with E-state index in [-0.39, 0.29) is 18.0 Å². The van der Waals surface area contributed by atoms with Gasteiger partial charge in [0.25, 0.3) is 0 Å². The van der Waals surface area contributed by atoms with Gasteiger partial charge in [-0.15, -0.1) is 0 Å². The van der Waals surface area contributed by atoms with Crippen molar-refractivity contribution in [2.45, 2.75) is 127 Å². The maximum absolute atomic E-state index is 13.9. The van der Waals surface area contributed by atoms with Crippen LogP contribution in [0.15, 0.2) is 72.1 Å². The molecule has 2 aromatic carbocycles. The number of benzene rings is 2. The molecule has 1 fully saturated rings. The minimum absolute atomic E-state index is 0.0470. The summed E-state index contributed by atoms with van der Waals surface area (Å²) < 4.78 is 0. The summed E-state index contributed by atoms with van der Waals surface area (Å²) in [7, 11) is 0. The van der Waals surface area contributed by atoms with Crippen LogP contribution in [0.3, 0.4) is 0 Å². The van der Waals surface area contributed by atoms with E-state index in [0.717, 1.165) is 23.4 Å². The van der Waals surface area contributed by atoms with Crippen LogP contribution in [0.4, 0.5) is 0 Å². The molecule has 41 heavy (non-hydrogen) atoms. The number of nitrogens with zero attached hydrogens (tertiary/aromatic N) is 1. The van der Waals surface area contributed by atoms with E-state index in [1.54, 1.807) is 0 Å². The Morgan fingerprint density at radius 3 is 1.80 bits per heavy atom. The summed E-state index contributed by atoms with van der Waals surface area (Å²) in [5.41, 5.74) is 7.82. The summed E-state index contributed by atoms with van der Waals surface area (Å²) in [5, 5.41) is 7.48. The molecule has 0 amide bonds. The molecule has 0 spiro atoms. The van der Waals surface area contributed by atoms with Crippen molar-refractivity contribution in [3.05, 3.63) is 94.3 Å². The van der Waals surface area contributed by atoms with E-state index in [0.29, 0.717) is 19.0 Å². The van der Waals surface area contributed by atoms with E-state index >= 15 is 0 Å². The highest BCUT2D eigenvalue weighted by molar-refractivity contribution is 6.01. The van der Waals surface area contributed by atoms with E-state index in [2.05, 4.69) is 84.5 Å². The molecule has 0 radical (unpaired) electrons. The zero-order chi connectivity index (χ0) is 30.9. The molecule has 0 aromatic heterocycles. The molecule has 2 unspecified atom stereocenters. The molecule has 1 saturated carbocycles. The normalized spacial score (nSPS) is 19.3. The number of aryl methyl sites for hydroxylation is 2. The smallest absolute Gasteiger partial charge is 0.188 e. The minimum Gasteiger partial charge on any atom is -0.354 e. The van der Waals surface area contributed by atoms with Crippen molar-refractivity contribution in [1.82, 2.24) is 15.5 Å². The van der Waals surface area contributed by atoms with Gasteiger partial charge in [-0.25, -0.2) is 0 Å². The lowest BCUT2D eigenvalue weighted by Gasteiger charge is -2.33. The molecule has 2 aromatic rings. The first kappa shape index (κ1) is 36.2. The molecule has 4 nitrogen and oxygen atoms in total. The van der Waals surface area contributed by atoms with Gasteiger partial charge in [0.1, 0.15) is 5.70 Å². The topological polar surface area (TPSA) is 44.4 Å². The lowest BCUT2D eigenvalue weighted by atomic mass is 9.81. The Bertz CT molecular complexity index is 1060. The molecule has 0 bridgehead atoms. The van der Waals surface area contributed by atoms with Crippen LogP contribution in [-0.4, -0.2) is 23.0 Å². The highest BCUT2D eigenvalue weighted by Gasteiger charge is 2.42. The standard InChI is InChI=1S/C29H35N3O.4C2H6/c1-19-8-12-22(13-9-19)17-25-21(3)16-26-27(28(25)33)32(18-23-14-10-20(2)11-15-23)29(31-26)30-24-6-4-5-7-24;4*1-2/h8-15,24-25,29-31H,3-7,16-18H2,1-2H3;4*1-2H3. The summed E-state index contributed by atoms with van der Waals surface area (Å²) in [4.78, 5) is 16.2. The van der Waals surface area contributed by atoms with E-state index in [4.69, 9.17) is 0 Å². The molecule has 2 aliphatic carbocycles. The molecule has 228 valence electrons. The zero-order valence-electron chi connectivity index (χ0n) is 27.9. The van der Waals surface area contributed by atoms with Crippen molar-refractivity contribution in [2.75, 3.05) is 0 Å². The van der Waals surface area contributed by atoms with Crippen molar-refractivity contribution in [1.29, 1.82) is 0 Å². The van der Waals surface area contributed by atoms with Crippen molar-refractivity contribution in [2.24, 2.45) is 5.92 Å². The van der Waals surface area contributed by atoms with Crippen LogP contribution in [-0.2, 0) is 17.8 Å². The molecule has 1 heterocycles. The third-order valence-electron chi connectivity index (χ3n) is 7.42. The number of nitrogens with one attached hydrogen (secondary N) is 2. The molecule has 2 atom stereocenters. The first-order valence-corrected chi connectivity index (χ1v) is 16.3. The Morgan fingerprint density at radius 1 is 0.805 bits per heavy atom. The number of ketones is 1. The first-order chi connectivity index (χ1) is 20.0. The highest BCUT2D eigenvalue weighted by Crippen LogP contribution is 2.38. The van der Waals surface area contributed by atoms with Crippen LogP contribution in [0.25, 0.3) is 0 Å². The van der Waals surface area contributed by atoms with Crippen LogP contribution < -0.4 is 10.6 Å². The van der Waals surface area contributed by atoms with Gasteiger partial charge in [0, 0.05) is 30.6 Å². The van der Waals surface area contributed by atoms with Crippen LogP contribution in [0.5, 0.6) is 0 Å². The molecule has 3 aliphatic rings. The zero-order valence-corrected chi connectivity index (χ0v) is 27.9. The lowest BCUT2D eigenvalue weighted by Crippen LogP contribution is -2.52. The van der Waals surface area contributed by atoms with Gasteiger partial charge in [-0.05, 0) is 44.2 Å². The number of Topliss-reactive ketones (excluding diaryl/α,β-unsaturated/α-hetero) is 1. The average Bonchev–Trinajstić information content (AvgIpc) is 3.65. The Labute approximate surface area is 252 Å². The number of rotatable bonds is 6. The largest absolute Gasteiger partial charge is 0.354 e. The predicted octanol–water partition coefficient (Wildman–Crippen LogP) is 9.23. The number of hydrogen-bond acceptors (Lipinski definition) is 4. The monoisotopic (exact) mass is 561 g/mol. The minimum atomic E-state index is -0.168. The highest BCUT2D eigenvalue weighted by atomic mass is 16.1. The van der Waals surface area contributed by atoms with Gasteiger partial charge < -0.3 is 10.2 Å². The van der Waals surface area contributed by atoms with Crippen molar-refractivity contribution in [3.8, 4) is 0 Å². The first-order valence-electron chi connectivity index (χ1n) is 16.3. The summed E-state index contributed by atoms with van der Waals surface area (Å²) in [5.74, 6) is 0.0381. The van der Waals surface area contributed by atoms with E-state index in [1.165, 1.54) is 47.9 Å². The molecular weight excluding hydrogens is 502 g/mol. The van der Waals surface area contributed by atoms with E-state index in [1.807, 2.05) is 55.4 Å². The van der Waals surface area contributed by atoms with Gasteiger partial charge in [0.2, 0.25) is 0 Å². The molecule has 1 aliphatic heterocycles. The van der Waals surface area contributed by atoms with Gasteiger partial charge in [-0.3, -0.25) is 10.1 Å². The third-order valence-corrected chi connectivity index (χ3v) is 7.42. The molecule has 5 rings (SSSR count). The second-order valence-electron chi connectivity index (χ2n) is 10.1. The Kier molecular flexibility index (Phi) is 17.0. The Balaban J connectivity index is 0.000000969. The van der Waals surface area contributed by atoms with Crippen LogP contribution >= 0.6 is 0 Å². The number of hydrogen-bond donors (Lipinski definition) is 2. The van der Waals surface area contributed by atoms with Crippen molar-refractivity contribution < 1.29 is 4.79 Å². The predicted molar refractivity (Wildman–Crippen MR) is 179 cm³/mol. The van der Waals surface area contributed by atoms with Gasteiger partial charge in [0.05, 0.1) is 0 Å². The average molecular weight is 562 g/mol. The maximum Gasteiger partial charge on any atom is 0.188 e. The SMILES string of the molecule is C=C1CC2=C(C(=O)C1Cc1ccc(C)cc1)N(Cc1ccc(C)cc1)C(NC1CCCC1)N2.CC.CC.CC.CC. The van der Waals surface area contributed by atoms with E-state index in [9.17, 15) is 4.79 Å². The summed E-state index contributed by atoms with van der Waals surface area (Å²) in [6, 6.07) is 17.7. The fourth-order valence-electron chi connectivity index (χ4n) is 5.44. The van der Waals surface area contributed by atoms with Gasteiger partial charge in [-0.2, -0.15) is 0 Å². The summed E-state index contributed by atoms with van der Waals surface area (Å²) in [6.07, 6.45) is 6.39. The van der Waals surface area contributed by atoms with Crippen LogP contribution in [0.2, 0.25) is 0 Å². The van der Waals surface area contributed by atoms with Crippen LogP contribution in [0.1, 0.15) is 110 Å². The lowest BCUT2D eigenvalue weighted by molar-refractivity contribution is -0.120. The molecular formula is C37H59N3O.